The highest BCUT2D eigenvalue weighted by molar-refractivity contribution is 7.91. The summed E-state index contributed by atoms with van der Waals surface area (Å²) in [6.07, 6.45) is 5.23. The van der Waals surface area contributed by atoms with Gasteiger partial charge in [-0.05, 0) is 61.8 Å². The van der Waals surface area contributed by atoms with Gasteiger partial charge in [0.25, 0.3) is 5.91 Å². The number of hydrogen-bond acceptors (Lipinski definition) is 6. The highest BCUT2D eigenvalue weighted by Gasteiger charge is 2.34. The Morgan fingerprint density at radius 2 is 2.00 bits per heavy atom. The van der Waals surface area contributed by atoms with Crippen LogP contribution in [0.2, 0.25) is 0 Å². The van der Waals surface area contributed by atoms with E-state index in [0.29, 0.717) is 17.0 Å². The first-order valence-corrected chi connectivity index (χ1v) is 11.4. The smallest absolute Gasteiger partial charge is 0.326 e. The molecule has 1 fully saturated rings. The van der Waals surface area contributed by atoms with Gasteiger partial charge in [0, 0.05) is 0 Å². The molecular weight excluding hydrogens is 416 g/mol. The number of nitriles is 1. The lowest BCUT2D eigenvalue weighted by Gasteiger charge is -2.30. The van der Waals surface area contributed by atoms with Gasteiger partial charge in [0.1, 0.15) is 11.9 Å². The minimum Gasteiger partial charge on any atom is -0.490 e. The monoisotopic (exact) mass is 438 g/mol. The second-order valence-electron chi connectivity index (χ2n) is 7.35. The largest absolute Gasteiger partial charge is 0.490 e. The van der Waals surface area contributed by atoms with Gasteiger partial charge >= 0.3 is 10.2 Å². The second kappa shape index (κ2) is 8.79. The summed E-state index contributed by atoms with van der Waals surface area (Å²) in [7, 11) is -4.01. The van der Waals surface area contributed by atoms with Crippen molar-refractivity contribution in [3.63, 3.8) is 0 Å². The number of amides is 1. The molecule has 2 aromatic rings. The molecule has 1 saturated heterocycles. The van der Waals surface area contributed by atoms with E-state index in [1.54, 1.807) is 48.6 Å². The van der Waals surface area contributed by atoms with Crippen LogP contribution in [-0.2, 0) is 10.2 Å². The first-order chi connectivity index (χ1) is 15.0. The van der Waals surface area contributed by atoms with Gasteiger partial charge in [0.15, 0.2) is 0 Å². The van der Waals surface area contributed by atoms with Crippen LogP contribution in [-0.4, -0.2) is 40.1 Å². The van der Waals surface area contributed by atoms with Crippen molar-refractivity contribution in [3.8, 4) is 11.8 Å². The van der Waals surface area contributed by atoms with Crippen molar-refractivity contribution in [2.24, 2.45) is 0 Å². The van der Waals surface area contributed by atoms with E-state index in [9.17, 15) is 13.2 Å². The van der Waals surface area contributed by atoms with Crippen molar-refractivity contribution < 1.29 is 17.9 Å². The summed E-state index contributed by atoms with van der Waals surface area (Å²) < 4.78 is 34.4. The summed E-state index contributed by atoms with van der Waals surface area (Å²) in [6.45, 7) is 1.79. The normalized spacial score (nSPS) is 18.3. The van der Waals surface area contributed by atoms with E-state index in [2.05, 4.69) is 16.1 Å². The van der Waals surface area contributed by atoms with Crippen LogP contribution in [0.5, 0.6) is 5.75 Å². The molecule has 1 amide bonds. The SMILES string of the molecule is N#Cc1cccc(/C=C/CN2c3ccc(OC4CCNCC4)cc3C(=O)NS2(=O)=O)c1. The highest BCUT2D eigenvalue weighted by atomic mass is 32.2. The van der Waals surface area contributed by atoms with Crippen LogP contribution >= 0.6 is 0 Å². The number of ether oxygens (including phenoxy) is 1. The van der Waals surface area contributed by atoms with Crippen LogP contribution < -0.4 is 19.1 Å². The molecule has 2 aliphatic rings. The van der Waals surface area contributed by atoms with Gasteiger partial charge in [0.2, 0.25) is 0 Å². The Morgan fingerprint density at radius 3 is 2.77 bits per heavy atom. The molecule has 0 saturated carbocycles. The van der Waals surface area contributed by atoms with Gasteiger partial charge in [-0.15, -0.1) is 0 Å². The average molecular weight is 439 g/mol. The van der Waals surface area contributed by atoms with Crippen LogP contribution in [0.15, 0.2) is 48.5 Å². The highest BCUT2D eigenvalue weighted by Crippen LogP contribution is 2.31. The van der Waals surface area contributed by atoms with E-state index < -0.39 is 16.1 Å². The van der Waals surface area contributed by atoms with E-state index in [0.717, 1.165) is 35.8 Å². The number of nitrogens with zero attached hydrogens (tertiary/aromatic N) is 2. The Bertz CT molecular complexity index is 1160. The average Bonchev–Trinajstić information content (AvgIpc) is 2.77. The predicted molar refractivity (Wildman–Crippen MR) is 117 cm³/mol. The Labute approximate surface area is 181 Å². The van der Waals surface area contributed by atoms with Crippen LogP contribution in [0, 0.1) is 11.3 Å². The van der Waals surface area contributed by atoms with E-state index in [4.69, 9.17) is 10.00 Å². The van der Waals surface area contributed by atoms with Gasteiger partial charge in [-0.25, -0.2) is 9.03 Å². The maximum Gasteiger partial charge on any atom is 0.326 e. The zero-order valence-electron chi connectivity index (χ0n) is 16.7. The number of anilines is 1. The molecule has 0 atom stereocenters. The first-order valence-electron chi connectivity index (χ1n) is 9.99. The molecule has 0 bridgehead atoms. The Morgan fingerprint density at radius 1 is 1.19 bits per heavy atom. The van der Waals surface area contributed by atoms with Gasteiger partial charge in [-0.2, -0.15) is 13.7 Å². The lowest BCUT2D eigenvalue weighted by atomic mass is 10.1. The Kier molecular flexibility index (Phi) is 5.93. The van der Waals surface area contributed by atoms with Crippen molar-refractivity contribution >= 4 is 27.9 Å². The summed E-state index contributed by atoms with van der Waals surface area (Å²) in [5, 5.41) is 12.3. The molecule has 0 unspecified atom stereocenters. The molecule has 2 aliphatic heterocycles. The summed E-state index contributed by atoms with van der Waals surface area (Å²) in [5.41, 5.74) is 1.85. The molecule has 2 heterocycles. The molecule has 160 valence electrons. The third-order valence-corrected chi connectivity index (χ3v) is 6.55. The topological polar surface area (TPSA) is 112 Å². The number of carbonyl (C=O) groups excluding carboxylic acids is 1. The van der Waals surface area contributed by atoms with Crippen molar-refractivity contribution in [3.05, 3.63) is 65.2 Å². The minimum atomic E-state index is -4.01. The van der Waals surface area contributed by atoms with Crippen molar-refractivity contribution in [1.29, 1.82) is 5.26 Å². The third kappa shape index (κ3) is 4.71. The number of hydrogen-bond donors (Lipinski definition) is 2. The lowest BCUT2D eigenvalue weighted by molar-refractivity contribution is 0.0978. The Hall–Kier alpha value is -3.35. The molecule has 0 aliphatic carbocycles. The van der Waals surface area contributed by atoms with Crippen molar-refractivity contribution in [2.45, 2.75) is 18.9 Å². The quantitative estimate of drug-likeness (QED) is 0.740. The van der Waals surface area contributed by atoms with Crippen LogP contribution in [0.3, 0.4) is 0 Å². The molecule has 8 nitrogen and oxygen atoms in total. The lowest BCUT2D eigenvalue weighted by Crippen LogP contribution is -2.48. The van der Waals surface area contributed by atoms with Crippen LogP contribution in [0.1, 0.15) is 34.3 Å². The van der Waals surface area contributed by atoms with Crippen molar-refractivity contribution in [2.75, 3.05) is 23.9 Å². The maximum atomic E-state index is 12.6. The van der Waals surface area contributed by atoms with Gasteiger partial charge in [0.05, 0.1) is 29.4 Å². The molecule has 4 rings (SSSR count). The summed E-state index contributed by atoms with van der Waals surface area (Å²) in [6, 6.07) is 13.9. The van der Waals surface area contributed by atoms with Gasteiger partial charge in [-0.1, -0.05) is 24.3 Å². The number of benzene rings is 2. The number of nitrogens with one attached hydrogen (secondary N) is 2. The van der Waals surface area contributed by atoms with Crippen LogP contribution in [0.25, 0.3) is 6.08 Å². The zero-order chi connectivity index (χ0) is 21.8. The third-order valence-electron chi connectivity index (χ3n) is 5.18. The molecular formula is C22H22N4O4S. The number of carbonyl (C=O) groups is 1. The standard InChI is InChI=1S/C22H22N4O4S/c23-15-17-4-1-3-16(13-17)5-2-12-26-21-7-6-19(30-18-8-10-24-11-9-18)14-20(21)22(27)25-31(26,28)29/h1-7,13-14,18,24H,8-12H2,(H,25,27)/b5-2+. The van der Waals surface area contributed by atoms with E-state index >= 15 is 0 Å². The first kappa shape index (κ1) is 20.9. The van der Waals surface area contributed by atoms with E-state index in [-0.39, 0.29) is 18.2 Å². The summed E-state index contributed by atoms with van der Waals surface area (Å²) >= 11 is 0. The van der Waals surface area contributed by atoms with Crippen LogP contribution in [0.4, 0.5) is 5.69 Å². The Balaban J connectivity index is 1.56. The molecule has 2 aromatic carbocycles. The molecule has 9 heteroatoms. The van der Waals surface area contributed by atoms with Crippen molar-refractivity contribution in [1.82, 2.24) is 10.0 Å². The minimum absolute atomic E-state index is 0.0287. The molecule has 0 spiro atoms. The van der Waals surface area contributed by atoms with Gasteiger partial charge < -0.3 is 10.1 Å². The fourth-order valence-corrected chi connectivity index (χ4v) is 4.80. The van der Waals surface area contributed by atoms with E-state index in [1.807, 2.05) is 6.07 Å². The number of fused-ring (bicyclic) bond motifs is 1. The molecule has 0 aromatic heterocycles. The maximum absolute atomic E-state index is 12.6. The summed E-state index contributed by atoms with van der Waals surface area (Å²) in [4.78, 5) is 12.4. The predicted octanol–water partition coefficient (Wildman–Crippen LogP) is 2.20. The van der Waals surface area contributed by atoms with Gasteiger partial charge in [-0.3, -0.25) is 4.79 Å². The number of piperidine rings is 1. The fourth-order valence-electron chi connectivity index (χ4n) is 3.64. The number of rotatable bonds is 5. The fraction of sp³-hybridized carbons (Fsp3) is 0.273. The van der Waals surface area contributed by atoms with E-state index in [1.165, 1.54) is 0 Å². The summed E-state index contributed by atoms with van der Waals surface area (Å²) in [5.74, 6) is -0.128. The zero-order valence-corrected chi connectivity index (χ0v) is 17.6. The molecule has 31 heavy (non-hydrogen) atoms. The molecule has 2 N–H and O–H groups in total. The molecule has 0 radical (unpaired) electrons. The second-order valence-corrected chi connectivity index (χ2v) is 8.95.